The first-order valence-electron chi connectivity index (χ1n) is 9.83. The number of hydrogen-bond donors (Lipinski definition) is 0. The number of halogens is 1. The van der Waals surface area contributed by atoms with E-state index in [2.05, 4.69) is 11.1 Å². The van der Waals surface area contributed by atoms with Gasteiger partial charge in [0.15, 0.2) is 6.10 Å². The smallest absolute Gasteiger partial charge is 0.263 e. The minimum absolute atomic E-state index is 0.0950. The van der Waals surface area contributed by atoms with Gasteiger partial charge in [0.1, 0.15) is 5.75 Å². The highest BCUT2D eigenvalue weighted by atomic mass is 35.5. The van der Waals surface area contributed by atoms with Crippen LogP contribution in [0.15, 0.2) is 48.7 Å². The second-order valence-corrected chi connectivity index (χ2v) is 7.95. The third kappa shape index (κ3) is 3.02. The van der Waals surface area contributed by atoms with Crippen molar-refractivity contribution in [3.05, 3.63) is 59.2 Å². The Hall–Kier alpha value is -2.59. The fourth-order valence-corrected chi connectivity index (χ4v) is 4.55. The monoisotopic (exact) mass is 392 g/mol. The molecule has 0 bridgehead atoms. The molecule has 5 heteroatoms. The first-order valence-corrected chi connectivity index (χ1v) is 10.2. The molecule has 1 atom stereocenters. The number of benzene rings is 2. The van der Waals surface area contributed by atoms with Gasteiger partial charge in [0, 0.05) is 47.2 Å². The van der Waals surface area contributed by atoms with E-state index in [4.69, 9.17) is 16.3 Å². The highest BCUT2D eigenvalue weighted by molar-refractivity contribution is 6.31. The van der Waals surface area contributed by atoms with Crippen LogP contribution in [0.5, 0.6) is 5.75 Å². The molecule has 0 N–H and O–H groups in total. The second kappa shape index (κ2) is 7.10. The summed E-state index contributed by atoms with van der Waals surface area (Å²) in [4.78, 5) is 19.4. The zero-order chi connectivity index (χ0) is 19.1. The summed E-state index contributed by atoms with van der Waals surface area (Å²) in [5.74, 6) is 0.869. The van der Waals surface area contributed by atoms with Gasteiger partial charge in [-0.1, -0.05) is 29.8 Å². The first kappa shape index (κ1) is 17.5. The van der Waals surface area contributed by atoms with Gasteiger partial charge in [0.05, 0.1) is 5.52 Å². The maximum atomic E-state index is 13.0. The first-order chi connectivity index (χ1) is 13.7. The van der Waals surface area contributed by atoms with Crippen molar-refractivity contribution in [1.82, 2.24) is 9.88 Å². The number of carbonyl (C=O) groups excluding carboxylic acids is 1. The Labute approximate surface area is 169 Å². The number of rotatable bonds is 2. The van der Waals surface area contributed by atoms with Crippen LogP contribution in [0.1, 0.15) is 24.8 Å². The van der Waals surface area contributed by atoms with E-state index >= 15 is 0 Å². The molecule has 5 rings (SSSR count). The quantitative estimate of drug-likeness (QED) is 0.624. The number of ether oxygens (including phenoxy) is 1. The molecular weight excluding hydrogens is 372 g/mol. The molecule has 2 aromatic carbocycles. The van der Waals surface area contributed by atoms with Crippen molar-refractivity contribution in [3.8, 4) is 16.9 Å². The minimum Gasteiger partial charge on any atom is -0.479 e. The number of amides is 1. The van der Waals surface area contributed by atoms with Crippen LogP contribution in [0.3, 0.4) is 0 Å². The van der Waals surface area contributed by atoms with Gasteiger partial charge in [-0.05, 0) is 49.1 Å². The summed E-state index contributed by atoms with van der Waals surface area (Å²) in [5.41, 5.74) is 3.87. The van der Waals surface area contributed by atoms with Gasteiger partial charge in [-0.15, -0.1) is 0 Å². The molecule has 2 aliphatic rings. The highest BCUT2D eigenvalue weighted by Crippen LogP contribution is 2.43. The molecule has 1 aromatic heterocycles. The average Bonchev–Trinajstić information content (AvgIpc) is 3.17. The van der Waals surface area contributed by atoms with Gasteiger partial charge in [0.25, 0.3) is 5.91 Å². The van der Waals surface area contributed by atoms with E-state index in [1.54, 1.807) is 6.20 Å². The lowest BCUT2D eigenvalue weighted by molar-refractivity contribution is -0.138. The van der Waals surface area contributed by atoms with Crippen molar-refractivity contribution in [3.63, 3.8) is 0 Å². The number of fused-ring (bicyclic) bond motifs is 2. The predicted molar refractivity (Wildman–Crippen MR) is 111 cm³/mol. The van der Waals surface area contributed by atoms with Crippen molar-refractivity contribution < 1.29 is 9.53 Å². The van der Waals surface area contributed by atoms with Crippen LogP contribution < -0.4 is 4.74 Å². The van der Waals surface area contributed by atoms with E-state index in [9.17, 15) is 4.79 Å². The summed E-state index contributed by atoms with van der Waals surface area (Å²) in [6, 6.07) is 13.9. The molecule has 1 amide bonds. The van der Waals surface area contributed by atoms with Crippen molar-refractivity contribution >= 4 is 28.4 Å². The molecule has 0 spiro atoms. The molecule has 142 valence electrons. The van der Waals surface area contributed by atoms with E-state index in [1.165, 1.54) is 6.42 Å². The van der Waals surface area contributed by atoms with Crippen molar-refractivity contribution in [2.75, 3.05) is 13.1 Å². The fraction of sp³-hybridized carbons (Fsp3) is 0.304. The highest BCUT2D eigenvalue weighted by Gasteiger charge is 2.35. The van der Waals surface area contributed by atoms with Gasteiger partial charge in [0.2, 0.25) is 0 Å². The number of para-hydroxylation sites is 1. The van der Waals surface area contributed by atoms with Crippen molar-refractivity contribution in [1.29, 1.82) is 0 Å². The topological polar surface area (TPSA) is 42.4 Å². The average molecular weight is 393 g/mol. The van der Waals surface area contributed by atoms with E-state index < -0.39 is 6.10 Å². The van der Waals surface area contributed by atoms with E-state index in [0.717, 1.165) is 59.3 Å². The van der Waals surface area contributed by atoms with Crippen LogP contribution in [0, 0.1) is 0 Å². The standard InChI is InChI=1S/C23H21ClN2O2/c24-16-12-15-13-21(23(27)26-10-4-1-5-11-26)28-22(15)19(14-16)17-8-9-25-20-7-3-2-6-18(17)20/h2-3,6-9,12,14,21H,1,4-5,10-11,13H2. The summed E-state index contributed by atoms with van der Waals surface area (Å²) < 4.78 is 6.24. The molecule has 0 saturated carbocycles. The molecule has 1 saturated heterocycles. The molecule has 1 fully saturated rings. The third-order valence-electron chi connectivity index (χ3n) is 5.68. The Morgan fingerprint density at radius 1 is 1.07 bits per heavy atom. The summed E-state index contributed by atoms with van der Waals surface area (Å²) in [5, 5.41) is 1.70. The summed E-state index contributed by atoms with van der Waals surface area (Å²) in [6.45, 7) is 1.66. The maximum Gasteiger partial charge on any atom is 0.263 e. The van der Waals surface area contributed by atoms with Gasteiger partial charge in [-0.3, -0.25) is 9.78 Å². The largest absolute Gasteiger partial charge is 0.479 e. The lowest BCUT2D eigenvalue weighted by Crippen LogP contribution is -2.43. The van der Waals surface area contributed by atoms with E-state index in [-0.39, 0.29) is 5.91 Å². The van der Waals surface area contributed by atoms with Gasteiger partial charge in [-0.2, -0.15) is 0 Å². The lowest BCUT2D eigenvalue weighted by Gasteiger charge is -2.28. The predicted octanol–water partition coefficient (Wildman–Crippen LogP) is 4.87. The molecule has 3 aromatic rings. The Bertz CT molecular complexity index is 1050. The minimum atomic E-state index is -0.460. The van der Waals surface area contributed by atoms with Gasteiger partial charge < -0.3 is 9.64 Å². The van der Waals surface area contributed by atoms with Crippen molar-refractivity contribution in [2.45, 2.75) is 31.8 Å². The number of aromatic nitrogens is 1. The molecule has 3 heterocycles. The number of hydrogen-bond acceptors (Lipinski definition) is 3. The zero-order valence-electron chi connectivity index (χ0n) is 15.5. The Morgan fingerprint density at radius 2 is 1.89 bits per heavy atom. The normalized spacial score (nSPS) is 18.8. The Kier molecular flexibility index (Phi) is 4.44. The second-order valence-electron chi connectivity index (χ2n) is 7.51. The van der Waals surface area contributed by atoms with Crippen LogP contribution in [-0.4, -0.2) is 35.0 Å². The number of pyridine rings is 1. The number of nitrogens with zero attached hydrogens (tertiary/aromatic N) is 2. The molecule has 0 aliphatic carbocycles. The molecular formula is C23H21ClN2O2. The third-order valence-corrected chi connectivity index (χ3v) is 5.90. The van der Waals surface area contributed by atoms with Crippen LogP contribution in [0.4, 0.5) is 0 Å². The summed E-state index contributed by atoms with van der Waals surface area (Å²) in [6.07, 6.45) is 5.26. The van der Waals surface area contributed by atoms with Crippen LogP contribution in [-0.2, 0) is 11.2 Å². The molecule has 4 nitrogen and oxygen atoms in total. The Morgan fingerprint density at radius 3 is 2.75 bits per heavy atom. The van der Waals surface area contributed by atoms with Crippen LogP contribution in [0.25, 0.3) is 22.0 Å². The van der Waals surface area contributed by atoms with E-state index in [0.29, 0.717) is 11.4 Å². The molecule has 28 heavy (non-hydrogen) atoms. The van der Waals surface area contributed by atoms with Crippen molar-refractivity contribution in [2.24, 2.45) is 0 Å². The molecule has 0 radical (unpaired) electrons. The molecule has 1 unspecified atom stereocenters. The summed E-state index contributed by atoms with van der Waals surface area (Å²) >= 11 is 6.44. The SMILES string of the molecule is O=C(C1Cc2cc(Cl)cc(-c3ccnc4ccccc34)c2O1)N1CCCCC1. The fourth-order valence-electron chi connectivity index (χ4n) is 4.31. The summed E-state index contributed by atoms with van der Waals surface area (Å²) in [7, 11) is 0. The van der Waals surface area contributed by atoms with Crippen LogP contribution in [0.2, 0.25) is 5.02 Å². The maximum absolute atomic E-state index is 13.0. The lowest BCUT2D eigenvalue weighted by atomic mass is 9.97. The number of carbonyl (C=O) groups is 1. The zero-order valence-corrected chi connectivity index (χ0v) is 16.3. The van der Waals surface area contributed by atoms with Crippen LogP contribution >= 0.6 is 11.6 Å². The van der Waals surface area contributed by atoms with Gasteiger partial charge in [-0.25, -0.2) is 0 Å². The molecule has 2 aliphatic heterocycles. The van der Waals surface area contributed by atoms with Gasteiger partial charge >= 0.3 is 0 Å². The number of likely N-dealkylation sites (tertiary alicyclic amines) is 1. The van der Waals surface area contributed by atoms with E-state index in [1.807, 2.05) is 41.3 Å². The Balaban J connectivity index is 1.54. The number of piperidine rings is 1.